The summed E-state index contributed by atoms with van der Waals surface area (Å²) in [6, 6.07) is 4.17. The van der Waals surface area contributed by atoms with Gasteiger partial charge in [-0.3, -0.25) is 0 Å². The highest BCUT2D eigenvalue weighted by Crippen LogP contribution is 2.52. The third kappa shape index (κ3) is 2.51. The Morgan fingerprint density at radius 2 is 1.89 bits per heavy atom. The van der Waals surface area contributed by atoms with Crippen molar-refractivity contribution >= 4 is 0 Å². The van der Waals surface area contributed by atoms with Gasteiger partial charge in [0.2, 0.25) is 0 Å². The van der Waals surface area contributed by atoms with Crippen molar-refractivity contribution in [3.05, 3.63) is 28.8 Å². The fourth-order valence-corrected chi connectivity index (χ4v) is 3.66. The van der Waals surface area contributed by atoms with Crippen LogP contribution >= 0.6 is 0 Å². The zero-order chi connectivity index (χ0) is 14.0. The molecule has 0 bridgehead atoms. The normalized spacial score (nSPS) is 19.4. The molecule has 0 spiro atoms. The third-order valence-corrected chi connectivity index (χ3v) is 4.87. The quantitative estimate of drug-likeness (QED) is 0.876. The average Bonchev–Trinajstić information content (AvgIpc) is 2.87. The maximum absolute atomic E-state index is 11.0. The molecular formula is C17H26O2. The first kappa shape index (κ1) is 14.4. The number of hydrogen-bond donors (Lipinski definition) is 1. The summed E-state index contributed by atoms with van der Waals surface area (Å²) in [5.74, 6) is 0.838. The standard InChI is InChI=1S/C17H26O2/c1-5-17(8-6-7-9-17)16(18)15-13(3)10-12(2)11-14(15)19-4/h10-11,16,18H,5-9H2,1-4H3. The van der Waals surface area contributed by atoms with Gasteiger partial charge in [0.15, 0.2) is 0 Å². The number of aryl methyl sites for hydroxylation is 2. The summed E-state index contributed by atoms with van der Waals surface area (Å²) < 4.78 is 5.52. The van der Waals surface area contributed by atoms with Crippen LogP contribution in [-0.2, 0) is 0 Å². The number of ether oxygens (including phenoxy) is 1. The van der Waals surface area contributed by atoms with E-state index >= 15 is 0 Å². The minimum Gasteiger partial charge on any atom is -0.496 e. The highest BCUT2D eigenvalue weighted by atomic mass is 16.5. The number of rotatable bonds is 4. The predicted molar refractivity (Wildman–Crippen MR) is 78.6 cm³/mol. The Balaban J connectivity index is 2.45. The summed E-state index contributed by atoms with van der Waals surface area (Å²) in [7, 11) is 1.69. The van der Waals surface area contributed by atoms with Crippen molar-refractivity contribution in [2.24, 2.45) is 5.41 Å². The van der Waals surface area contributed by atoms with Crippen LogP contribution in [0.5, 0.6) is 5.75 Å². The van der Waals surface area contributed by atoms with Gasteiger partial charge < -0.3 is 9.84 Å². The van der Waals surface area contributed by atoms with Crippen molar-refractivity contribution in [2.45, 2.75) is 59.0 Å². The van der Waals surface area contributed by atoms with Gasteiger partial charge in [0.25, 0.3) is 0 Å². The lowest BCUT2D eigenvalue weighted by Gasteiger charge is -2.35. The Morgan fingerprint density at radius 1 is 1.26 bits per heavy atom. The molecule has 0 saturated heterocycles. The van der Waals surface area contributed by atoms with E-state index in [2.05, 4.69) is 26.8 Å². The average molecular weight is 262 g/mol. The molecule has 1 atom stereocenters. The second-order valence-corrected chi connectivity index (χ2v) is 6.02. The zero-order valence-electron chi connectivity index (χ0n) is 12.6. The Kier molecular flexibility index (Phi) is 4.19. The van der Waals surface area contributed by atoms with Crippen molar-refractivity contribution in [2.75, 3.05) is 7.11 Å². The molecule has 2 rings (SSSR count). The molecule has 1 saturated carbocycles. The summed E-state index contributed by atoms with van der Waals surface area (Å²) in [5, 5.41) is 11.0. The second-order valence-electron chi connectivity index (χ2n) is 6.02. The van der Waals surface area contributed by atoms with Crippen LogP contribution in [0.2, 0.25) is 0 Å². The minimum absolute atomic E-state index is 0.0489. The zero-order valence-corrected chi connectivity index (χ0v) is 12.6. The molecule has 1 fully saturated rings. The highest BCUT2D eigenvalue weighted by molar-refractivity contribution is 5.45. The van der Waals surface area contributed by atoms with E-state index in [1.165, 1.54) is 18.4 Å². The minimum atomic E-state index is -0.407. The van der Waals surface area contributed by atoms with Gasteiger partial charge in [-0.15, -0.1) is 0 Å². The van der Waals surface area contributed by atoms with Crippen LogP contribution in [0, 0.1) is 19.3 Å². The van der Waals surface area contributed by atoms with E-state index < -0.39 is 6.10 Å². The van der Waals surface area contributed by atoms with E-state index in [1.807, 2.05) is 6.07 Å². The summed E-state index contributed by atoms with van der Waals surface area (Å²) in [6.45, 7) is 6.34. The SMILES string of the molecule is CCC1(C(O)c2c(C)cc(C)cc2OC)CCCC1. The van der Waals surface area contributed by atoms with E-state index in [4.69, 9.17) is 4.74 Å². The topological polar surface area (TPSA) is 29.5 Å². The van der Waals surface area contributed by atoms with E-state index in [1.54, 1.807) is 7.11 Å². The van der Waals surface area contributed by atoms with Crippen LogP contribution in [0.1, 0.15) is 61.8 Å². The fourth-order valence-electron chi connectivity index (χ4n) is 3.66. The maximum Gasteiger partial charge on any atom is 0.125 e. The van der Waals surface area contributed by atoms with Crippen LogP contribution in [0.15, 0.2) is 12.1 Å². The smallest absolute Gasteiger partial charge is 0.125 e. The molecule has 2 heteroatoms. The van der Waals surface area contributed by atoms with Gasteiger partial charge in [-0.25, -0.2) is 0 Å². The van der Waals surface area contributed by atoms with Crippen LogP contribution in [-0.4, -0.2) is 12.2 Å². The van der Waals surface area contributed by atoms with Crippen LogP contribution in [0.3, 0.4) is 0 Å². The largest absolute Gasteiger partial charge is 0.496 e. The van der Waals surface area contributed by atoms with Gasteiger partial charge in [0.1, 0.15) is 5.75 Å². The molecule has 0 amide bonds. The summed E-state index contributed by atoms with van der Waals surface area (Å²) in [5.41, 5.74) is 3.37. The highest BCUT2D eigenvalue weighted by Gasteiger charge is 2.41. The molecule has 0 heterocycles. The first-order valence-corrected chi connectivity index (χ1v) is 7.37. The predicted octanol–water partition coefficient (Wildman–Crippen LogP) is 4.32. The van der Waals surface area contributed by atoms with E-state index in [0.717, 1.165) is 36.1 Å². The Hall–Kier alpha value is -1.02. The van der Waals surface area contributed by atoms with Crippen molar-refractivity contribution in [3.63, 3.8) is 0 Å². The summed E-state index contributed by atoms with van der Waals surface area (Å²) in [4.78, 5) is 0. The van der Waals surface area contributed by atoms with Gasteiger partial charge in [-0.2, -0.15) is 0 Å². The van der Waals surface area contributed by atoms with Crippen molar-refractivity contribution in [1.82, 2.24) is 0 Å². The molecular weight excluding hydrogens is 236 g/mol. The Morgan fingerprint density at radius 3 is 2.42 bits per heavy atom. The number of methoxy groups -OCH3 is 1. The van der Waals surface area contributed by atoms with E-state index in [-0.39, 0.29) is 5.41 Å². The fraction of sp³-hybridized carbons (Fsp3) is 0.647. The van der Waals surface area contributed by atoms with Crippen molar-refractivity contribution in [3.8, 4) is 5.75 Å². The van der Waals surface area contributed by atoms with Crippen LogP contribution < -0.4 is 4.74 Å². The molecule has 1 unspecified atom stereocenters. The second kappa shape index (κ2) is 5.54. The van der Waals surface area contributed by atoms with Gasteiger partial charge in [0, 0.05) is 11.0 Å². The molecule has 0 aliphatic heterocycles. The van der Waals surface area contributed by atoms with Gasteiger partial charge in [-0.05, 0) is 50.3 Å². The monoisotopic (exact) mass is 262 g/mol. The number of aliphatic hydroxyl groups is 1. The summed E-state index contributed by atoms with van der Waals surface area (Å²) in [6.07, 6.45) is 5.35. The third-order valence-electron chi connectivity index (χ3n) is 4.87. The number of aliphatic hydroxyl groups excluding tert-OH is 1. The van der Waals surface area contributed by atoms with Gasteiger partial charge >= 0.3 is 0 Å². The molecule has 0 radical (unpaired) electrons. The van der Waals surface area contributed by atoms with Crippen LogP contribution in [0.25, 0.3) is 0 Å². The number of hydrogen-bond acceptors (Lipinski definition) is 2. The Bertz CT molecular complexity index is 445. The van der Waals surface area contributed by atoms with Crippen LogP contribution in [0.4, 0.5) is 0 Å². The molecule has 0 aromatic heterocycles. The Labute approximate surface area is 116 Å². The molecule has 1 aromatic rings. The van der Waals surface area contributed by atoms with Crippen molar-refractivity contribution in [1.29, 1.82) is 0 Å². The first-order chi connectivity index (χ1) is 9.04. The lowest BCUT2D eigenvalue weighted by Crippen LogP contribution is -2.26. The summed E-state index contributed by atoms with van der Waals surface area (Å²) >= 11 is 0. The lowest BCUT2D eigenvalue weighted by molar-refractivity contribution is 0.0216. The first-order valence-electron chi connectivity index (χ1n) is 7.37. The maximum atomic E-state index is 11.0. The van der Waals surface area contributed by atoms with Gasteiger partial charge in [0.05, 0.1) is 13.2 Å². The van der Waals surface area contributed by atoms with E-state index in [0.29, 0.717) is 0 Å². The van der Waals surface area contributed by atoms with Gasteiger partial charge in [-0.1, -0.05) is 25.8 Å². The lowest BCUT2D eigenvalue weighted by atomic mass is 9.74. The molecule has 106 valence electrons. The molecule has 19 heavy (non-hydrogen) atoms. The molecule has 1 aromatic carbocycles. The molecule has 1 aliphatic rings. The molecule has 1 N–H and O–H groups in total. The number of benzene rings is 1. The van der Waals surface area contributed by atoms with E-state index in [9.17, 15) is 5.11 Å². The molecule has 2 nitrogen and oxygen atoms in total. The molecule has 1 aliphatic carbocycles. The van der Waals surface area contributed by atoms with Crippen molar-refractivity contribution < 1.29 is 9.84 Å².